The molecule has 0 fully saturated rings. The third kappa shape index (κ3) is 6.61. The van der Waals surface area contributed by atoms with Gasteiger partial charge in [-0.2, -0.15) is 0 Å². The van der Waals surface area contributed by atoms with E-state index >= 15 is 0 Å². The fraction of sp³-hybridized carbons (Fsp3) is 0.0400. The van der Waals surface area contributed by atoms with Gasteiger partial charge in [-0.15, -0.1) is 10.2 Å². The highest BCUT2D eigenvalue weighted by Crippen LogP contribution is 2.58. The molecule has 4 aromatic carbocycles. The van der Waals surface area contributed by atoms with Gasteiger partial charge in [-0.1, -0.05) is 78.3 Å². The summed E-state index contributed by atoms with van der Waals surface area (Å²) in [5, 5.41) is 4.98. The van der Waals surface area contributed by atoms with Gasteiger partial charge in [-0.25, -0.2) is 18.6 Å². The van der Waals surface area contributed by atoms with E-state index in [0.29, 0.717) is 0 Å². The summed E-state index contributed by atoms with van der Waals surface area (Å²) in [5.74, 6) is 0. The van der Waals surface area contributed by atoms with Crippen molar-refractivity contribution < 1.29 is 28.9 Å². The highest BCUT2D eigenvalue weighted by molar-refractivity contribution is 7.95. The lowest BCUT2D eigenvalue weighted by Gasteiger charge is -2.27. The molecule has 0 saturated heterocycles. The molecule has 0 amide bonds. The van der Waals surface area contributed by atoms with Crippen molar-refractivity contribution in [1.29, 1.82) is 0 Å². The Morgan fingerprint density at radius 1 is 0.531 bits per heavy atom. The normalized spacial score (nSPS) is 11.4. The molecule has 4 rings (SSSR count). The molecule has 4 nitrogen and oxygen atoms in total. The smallest absolute Gasteiger partial charge is 0.116 e. The molecule has 0 unspecified atom stereocenters. The van der Waals surface area contributed by atoms with Gasteiger partial charge in [0.1, 0.15) is 23.2 Å². The summed E-state index contributed by atoms with van der Waals surface area (Å²) < 4.78 is 34.0. The van der Waals surface area contributed by atoms with Crippen LogP contribution in [0.15, 0.2) is 115 Å². The monoisotopic (exact) mass is 486 g/mol. The maximum absolute atomic E-state index is 8.49. The first-order chi connectivity index (χ1) is 15.3. The summed E-state index contributed by atoms with van der Waals surface area (Å²) in [7, 11) is -6.78. The molecule has 0 heterocycles. The standard InChI is InChI=1S/C25H21ClP.ClHO4/c26-22-18-16-21(17-19-22)20-27(23-10-4-1-5-11-23,24-12-6-2-7-13-24)25-14-8-3-9-15-25;2-1(3,4)5/h1-19H,20H2;(H,2,3,4,5)/q+1;/p-1. The first-order valence-electron chi connectivity index (χ1n) is 9.70. The number of hydrogen-bond donors (Lipinski definition) is 0. The number of halogens is 2. The van der Waals surface area contributed by atoms with E-state index in [2.05, 4.69) is 103 Å². The second-order valence-corrected chi connectivity index (χ2v) is 11.7. The number of benzene rings is 4. The van der Waals surface area contributed by atoms with E-state index in [9.17, 15) is 0 Å². The minimum absolute atomic E-state index is 0.779. The van der Waals surface area contributed by atoms with Crippen LogP contribution in [0.25, 0.3) is 0 Å². The zero-order chi connectivity index (χ0) is 23.0. The predicted molar refractivity (Wildman–Crippen MR) is 120 cm³/mol. The van der Waals surface area contributed by atoms with Crippen LogP contribution >= 0.6 is 18.9 Å². The number of rotatable bonds is 5. The lowest BCUT2D eigenvalue weighted by Crippen LogP contribution is -2.68. The fourth-order valence-electron chi connectivity index (χ4n) is 3.63. The van der Waals surface area contributed by atoms with Crippen molar-refractivity contribution in [1.82, 2.24) is 0 Å². The Balaban J connectivity index is 0.000000523. The van der Waals surface area contributed by atoms with E-state index in [-0.39, 0.29) is 0 Å². The molecular formula is C25H21Cl2O4P. The average molecular weight is 487 g/mol. The van der Waals surface area contributed by atoms with E-state index in [1.165, 1.54) is 21.5 Å². The van der Waals surface area contributed by atoms with E-state index in [1.54, 1.807) is 0 Å². The van der Waals surface area contributed by atoms with Crippen LogP contribution in [0.1, 0.15) is 5.56 Å². The van der Waals surface area contributed by atoms with Crippen molar-refractivity contribution in [3.05, 3.63) is 126 Å². The Morgan fingerprint density at radius 3 is 1.16 bits per heavy atom. The van der Waals surface area contributed by atoms with Gasteiger partial charge in [0.05, 0.1) is 6.16 Å². The largest absolute Gasteiger partial charge is 0.222 e. The highest BCUT2D eigenvalue weighted by Gasteiger charge is 2.45. The van der Waals surface area contributed by atoms with E-state index < -0.39 is 17.5 Å². The molecular weight excluding hydrogens is 466 g/mol. The molecule has 0 spiro atoms. The summed E-state index contributed by atoms with van der Waals surface area (Å²) in [4.78, 5) is 0. The molecule has 0 aliphatic carbocycles. The molecule has 164 valence electrons. The first-order valence-corrected chi connectivity index (χ1v) is 13.3. The van der Waals surface area contributed by atoms with Crippen LogP contribution in [-0.2, 0) is 6.16 Å². The minimum Gasteiger partial charge on any atom is -0.222 e. The van der Waals surface area contributed by atoms with Crippen molar-refractivity contribution in [3.63, 3.8) is 0 Å². The predicted octanol–water partition coefficient (Wildman–Crippen LogP) is 1.08. The van der Waals surface area contributed by atoms with E-state index in [0.717, 1.165) is 11.2 Å². The third-order valence-corrected chi connectivity index (χ3v) is 9.55. The molecule has 0 radical (unpaired) electrons. The molecule has 0 N–H and O–H groups in total. The van der Waals surface area contributed by atoms with Crippen molar-refractivity contribution in [2.24, 2.45) is 0 Å². The van der Waals surface area contributed by atoms with Crippen LogP contribution in [0.4, 0.5) is 0 Å². The Morgan fingerprint density at radius 2 is 0.844 bits per heavy atom. The number of hydrogen-bond acceptors (Lipinski definition) is 4. The minimum atomic E-state index is -4.94. The molecule has 0 aromatic heterocycles. The lowest BCUT2D eigenvalue weighted by atomic mass is 10.2. The molecule has 0 aliphatic heterocycles. The van der Waals surface area contributed by atoms with Gasteiger partial charge in [0.2, 0.25) is 0 Å². The van der Waals surface area contributed by atoms with Crippen molar-refractivity contribution in [2.75, 3.05) is 0 Å². The Bertz CT molecular complexity index is 985. The second kappa shape index (κ2) is 11.0. The Labute approximate surface area is 195 Å². The zero-order valence-electron chi connectivity index (χ0n) is 17.0. The van der Waals surface area contributed by atoms with Crippen LogP contribution in [0.5, 0.6) is 0 Å². The van der Waals surface area contributed by atoms with Gasteiger partial charge >= 0.3 is 0 Å². The van der Waals surface area contributed by atoms with Crippen LogP contribution in [0, 0.1) is 10.2 Å². The van der Waals surface area contributed by atoms with E-state index in [4.69, 9.17) is 30.2 Å². The molecule has 0 aliphatic rings. The first kappa shape index (κ1) is 24.4. The molecule has 0 bridgehead atoms. The fourth-order valence-corrected chi connectivity index (χ4v) is 8.00. The van der Waals surface area contributed by atoms with Crippen molar-refractivity contribution in [2.45, 2.75) is 6.16 Å². The van der Waals surface area contributed by atoms with Gasteiger partial charge in [0.25, 0.3) is 0 Å². The van der Waals surface area contributed by atoms with Gasteiger partial charge in [0, 0.05) is 5.02 Å². The molecule has 32 heavy (non-hydrogen) atoms. The summed E-state index contributed by atoms with van der Waals surface area (Å²) in [6, 6.07) is 41.2. The lowest BCUT2D eigenvalue weighted by molar-refractivity contribution is -2.00. The second-order valence-electron chi connectivity index (χ2n) is 6.98. The van der Waals surface area contributed by atoms with Crippen molar-refractivity contribution >= 4 is 34.8 Å². The van der Waals surface area contributed by atoms with Gasteiger partial charge in [-0.3, -0.25) is 0 Å². The highest BCUT2D eigenvalue weighted by atomic mass is 35.7. The van der Waals surface area contributed by atoms with Crippen LogP contribution in [0.3, 0.4) is 0 Å². The quantitative estimate of drug-likeness (QED) is 0.394. The summed E-state index contributed by atoms with van der Waals surface area (Å²) in [6.45, 7) is 0. The van der Waals surface area contributed by atoms with Gasteiger partial charge < -0.3 is 0 Å². The maximum atomic E-state index is 8.49. The molecule has 4 aromatic rings. The van der Waals surface area contributed by atoms with Gasteiger partial charge in [-0.05, 0) is 54.1 Å². The van der Waals surface area contributed by atoms with Crippen LogP contribution < -0.4 is 34.5 Å². The molecule has 0 saturated carbocycles. The Kier molecular flexibility index (Phi) is 8.41. The summed E-state index contributed by atoms with van der Waals surface area (Å²) >= 11 is 6.14. The van der Waals surface area contributed by atoms with Crippen LogP contribution in [0.2, 0.25) is 5.02 Å². The van der Waals surface area contributed by atoms with Crippen LogP contribution in [-0.4, -0.2) is 0 Å². The molecule has 7 heteroatoms. The van der Waals surface area contributed by atoms with Gasteiger partial charge in [0.15, 0.2) is 0 Å². The molecule has 0 atom stereocenters. The third-order valence-electron chi connectivity index (χ3n) is 4.92. The maximum Gasteiger partial charge on any atom is 0.116 e. The average Bonchev–Trinajstić information content (AvgIpc) is 2.79. The topological polar surface area (TPSA) is 92.2 Å². The Hall–Kier alpha value is -2.27. The summed E-state index contributed by atoms with van der Waals surface area (Å²) in [5.41, 5.74) is 1.31. The van der Waals surface area contributed by atoms with E-state index in [1.807, 2.05) is 12.1 Å². The SMILES string of the molecule is Clc1ccc(C[P+](c2ccccc2)(c2ccccc2)c2ccccc2)cc1.[O-][Cl+3]([O-])([O-])[O-]. The summed E-state index contributed by atoms with van der Waals surface area (Å²) in [6.07, 6.45) is 0.974. The zero-order valence-corrected chi connectivity index (χ0v) is 19.4. The van der Waals surface area contributed by atoms with Crippen molar-refractivity contribution in [3.8, 4) is 0 Å².